The Labute approximate surface area is 141 Å². The highest BCUT2D eigenvalue weighted by Gasteiger charge is 2.16. The van der Waals surface area contributed by atoms with E-state index in [-0.39, 0.29) is 0 Å². The third-order valence-electron chi connectivity index (χ3n) is 4.21. The van der Waals surface area contributed by atoms with Crippen molar-refractivity contribution in [1.82, 2.24) is 19.9 Å². The van der Waals surface area contributed by atoms with Gasteiger partial charge in [-0.1, -0.05) is 12.1 Å². The first kappa shape index (κ1) is 14.8. The van der Waals surface area contributed by atoms with E-state index in [1.54, 1.807) is 12.4 Å². The van der Waals surface area contributed by atoms with Gasteiger partial charge in [0.05, 0.1) is 11.4 Å². The molecule has 4 rings (SSSR count). The molecule has 0 unspecified atom stereocenters. The van der Waals surface area contributed by atoms with Crippen LogP contribution in [0.25, 0.3) is 22.9 Å². The summed E-state index contributed by atoms with van der Waals surface area (Å²) in [4.78, 5) is 20.7. The van der Waals surface area contributed by atoms with Crippen molar-refractivity contribution in [1.29, 1.82) is 0 Å². The van der Waals surface area contributed by atoms with Crippen LogP contribution in [-0.2, 0) is 0 Å². The van der Waals surface area contributed by atoms with Gasteiger partial charge in [0.25, 0.3) is 0 Å². The second-order valence-electron chi connectivity index (χ2n) is 5.91. The Morgan fingerprint density at radius 3 is 2.08 bits per heavy atom. The molecule has 3 aromatic heterocycles. The van der Waals surface area contributed by atoms with Crippen LogP contribution in [-0.4, -0.2) is 33.0 Å². The fraction of sp³-hybridized carbons (Fsp3) is 0.263. The molecule has 0 amide bonds. The number of piperidine rings is 1. The Morgan fingerprint density at radius 2 is 1.42 bits per heavy atom. The molecule has 0 N–H and O–H groups in total. The van der Waals surface area contributed by atoms with Crippen molar-refractivity contribution in [3.63, 3.8) is 0 Å². The molecule has 0 atom stereocenters. The first-order valence-electron chi connectivity index (χ1n) is 8.37. The quantitative estimate of drug-likeness (QED) is 0.739. The average Bonchev–Trinajstić information content (AvgIpc) is 2.70. The monoisotopic (exact) mass is 317 g/mol. The van der Waals surface area contributed by atoms with Gasteiger partial charge in [-0.05, 0) is 43.5 Å². The van der Waals surface area contributed by atoms with Crippen molar-refractivity contribution in [3.8, 4) is 22.9 Å². The summed E-state index contributed by atoms with van der Waals surface area (Å²) in [7, 11) is 0. The van der Waals surface area contributed by atoms with Crippen LogP contribution in [0.15, 0.2) is 54.9 Å². The Morgan fingerprint density at radius 1 is 0.708 bits per heavy atom. The van der Waals surface area contributed by atoms with Crippen LogP contribution in [0.2, 0.25) is 0 Å². The molecule has 5 nitrogen and oxygen atoms in total. The lowest BCUT2D eigenvalue weighted by atomic mass is 10.1. The minimum atomic E-state index is 0.652. The summed E-state index contributed by atoms with van der Waals surface area (Å²) in [5.74, 6) is 1.62. The minimum absolute atomic E-state index is 0.652. The zero-order valence-electron chi connectivity index (χ0n) is 13.5. The molecule has 0 radical (unpaired) electrons. The molecular formula is C19H19N5. The normalized spacial score (nSPS) is 14.6. The molecule has 5 heteroatoms. The molecule has 1 saturated heterocycles. The molecule has 1 fully saturated rings. The van der Waals surface area contributed by atoms with Crippen molar-refractivity contribution < 1.29 is 0 Å². The highest BCUT2D eigenvalue weighted by atomic mass is 15.2. The molecule has 0 saturated carbocycles. The third-order valence-corrected chi connectivity index (χ3v) is 4.21. The van der Waals surface area contributed by atoms with Crippen LogP contribution in [0.5, 0.6) is 0 Å². The van der Waals surface area contributed by atoms with E-state index < -0.39 is 0 Å². The Bertz CT molecular complexity index is 741. The van der Waals surface area contributed by atoms with Crippen LogP contribution in [0, 0.1) is 0 Å². The van der Waals surface area contributed by atoms with Crippen LogP contribution in [0.3, 0.4) is 0 Å². The van der Waals surface area contributed by atoms with Gasteiger partial charge in [-0.15, -0.1) is 0 Å². The molecule has 0 bridgehead atoms. The lowest BCUT2D eigenvalue weighted by Crippen LogP contribution is -2.30. The maximum atomic E-state index is 4.78. The summed E-state index contributed by atoms with van der Waals surface area (Å²) < 4.78 is 0. The van der Waals surface area contributed by atoms with E-state index in [1.807, 2.05) is 42.5 Å². The van der Waals surface area contributed by atoms with E-state index in [2.05, 4.69) is 14.9 Å². The van der Waals surface area contributed by atoms with Crippen LogP contribution >= 0.6 is 0 Å². The van der Waals surface area contributed by atoms with Crippen molar-refractivity contribution in [2.75, 3.05) is 18.0 Å². The molecule has 1 aliphatic rings. The van der Waals surface area contributed by atoms with E-state index in [0.717, 1.165) is 36.0 Å². The summed E-state index contributed by atoms with van der Waals surface area (Å²) in [6.07, 6.45) is 7.27. The number of nitrogens with zero attached hydrogens (tertiary/aromatic N) is 5. The highest BCUT2D eigenvalue weighted by Crippen LogP contribution is 2.25. The van der Waals surface area contributed by atoms with Crippen LogP contribution in [0.4, 0.5) is 5.82 Å². The Balaban J connectivity index is 1.81. The first-order chi connectivity index (χ1) is 11.9. The topological polar surface area (TPSA) is 54.8 Å². The molecule has 0 spiro atoms. The Kier molecular flexibility index (Phi) is 4.14. The molecule has 1 aliphatic heterocycles. The average molecular weight is 317 g/mol. The fourth-order valence-electron chi connectivity index (χ4n) is 2.97. The lowest BCUT2D eigenvalue weighted by molar-refractivity contribution is 0.573. The van der Waals surface area contributed by atoms with E-state index in [9.17, 15) is 0 Å². The van der Waals surface area contributed by atoms with Gasteiger partial charge in [-0.2, -0.15) is 0 Å². The Hall–Kier alpha value is -2.82. The van der Waals surface area contributed by atoms with Crippen molar-refractivity contribution in [2.24, 2.45) is 0 Å². The van der Waals surface area contributed by atoms with Crippen molar-refractivity contribution >= 4 is 5.82 Å². The number of rotatable bonds is 3. The van der Waals surface area contributed by atoms with Gasteiger partial charge in [0.2, 0.25) is 0 Å². The fourth-order valence-corrected chi connectivity index (χ4v) is 2.97. The SMILES string of the molecule is c1ccc(-c2cc(N3CCCCC3)nc(-c3ccccn3)n2)nc1. The van der Waals surface area contributed by atoms with E-state index >= 15 is 0 Å². The standard InChI is InChI=1S/C19H19N5/c1-6-12-24(13-7-1)18-14-17(15-8-2-4-10-20-15)22-19(23-18)16-9-3-5-11-21-16/h2-5,8-11,14H,1,6-7,12-13H2. The van der Waals surface area contributed by atoms with Crippen LogP contribution in [0.1, 0.15) is 19.3 Å². The summed E-state index contributed by atoms with van der Waals surface area (Å²) in [6.45, 7) is 2.08. The largest absolute Gasteiger partial charge is 0.356 e. The molecule has 0 aromatic carbocycles. The third kappa shape index (κ3) is 3.11. The van der Waals surface area contributed by atoms with Gasteiger partial charge in [-0.3, -0.25) is 9.97 Å². The molecule has 24 heavy (non-hydrogen) atoms. The van der Waals surface area contributed by atoms with Crippen molar-refractivity contribution in [2.45, 2.75) is 19.3 Å². The molecule has 120 valence electrons. The molecule has 4 heterocycles. The van der Waals surface area contributed by atoms with Crippen molar-refractivity contribution in [3.05, 3.63) is 54.9 Å². The van der Waals surface area contributed by atoms with Gasteiger partial charge < -0.3 is 4.90 Å². The maximum absolute atomic E-state index is 4.78. The predicted octanol–water partition coefficient (Wildman–Crippen LogP) is 3.59. The van der Waals surface area contributed by atoms with E-state index in [0.29, 0.717) is 5.82 Å². The predicted molar refractivity (Wildman–Crippen MR) is 94.6 cm³/mol. The van der Waals surface area contributed by atoms with Crippen LogP contribution < -0.4 is 4.90 Å². The van der Waals surface area contributed by atoms with Gasteiger partial charge >= 0.3 is 0 Å². The number of hydrogen-bond acceptors (Lipinski definition) is 5. The zero-order chi connectivity index (χ0) is 16.2. The van der Waals surface area contributed by atoms with Gasteiger partial charge in [0.1, 0.15) is 11.5 Å². The number of aromatic nitrogens is 4. The molecule has 0 aliphatic carbocycles. The van der Waals surface area contributed by atoms with Gasteiger partial charge in [0, 0.05) is 31.5 Å². The second-order valence-corrected chi connectivity index (χ2v) is 5.91. The summed E-state index contributed by atoms with van der Waals surface area (Å²) in [5, 5.41) is 0. The smallest absolute Gasteiger partial charge is 0.180 e. The zero-order valence-corrected chi connectivity index (χ0v) is 13.5. The number of anilines is 1. The minimum Gasteiger partial charge on any atom is -0.356 e. The second kappa shape index (κ2) is 6.74. The number of hydrogen-bond donors (Lipinski definition) is 0. The van der Waals surface area contributed by atoms with E-state index in [4.69, 9.17) is 9.97 Å². The van der Waals surface area contributed by atoms with Gasteiger partial charge in [-0.25, -0.2) is 9.97 Å². The van der Waals surface area contributed by atoms with Gasteiger partial charge in [0.15, 0.2) is 5.82 Å². The maximum Gasteiger partial charge on any atom is 0.180 e. The lowest BCUT2D eigenvalue weighted by Gasteiger charge is -2.28. The molecule has 3 aromatic rings. The first-order valence-corrected chi connectivity index (χ1v) is 8.37. The summed E-state index contributed by atoms with van der Waals surface area (Å²) in [5.41, 5.74) is 2.48. The molecular weight excluding hydrogens is 298 g/mol. The van der Waals surface area contributed by atoms with E-state index in [1.165, 1.54) is 19.3 Å². The summed E-state index contributed by atoms with van der Waals surface area (Å²) in [6, 6.07) is 13.7. The number of pyridine rings is 2. The summed E-state index contributed by atoms with van der Waals surface area (Å²) >= 11 is 0. The highest BCUT2D eigenvalue weighted by molar-refractivity contribution is 5.64.